The molecule has 18 heavy (non-hydrogen) atoms. The van der Waals surface area contributed by atoms with Gasteiger partial charge in [0, 0.05) is 25.7 Å². The zero-order chi connectivity index (χ0) is 12.8. The van der Waals surface area contributed by atoms with Crippen molar-refractivity contribution in [2.75, 3.05) is 43.4 Å². The first kappa shape index (κ1) is 13.1. The normalized spacial score (nSPS) is 16.9. The highest BCUT2D eigenvalue weighted by molar-refractivity contribution is 5.48. The van der Waals surface area contributed by atoms with Crippen LogP contribution in [0.2, 0.25) is 0 Å². The predicted molar refractivity (Wildman–Crippen MR) is 75.1 cm³/mol. The van der Waals surface area contributed by atoms with Crippen molar-refractivity contribution in [1.29, 1.82) is 0 Å². The quantitative estimate of drug-likeness (QED) is 0.825. The summed E-state index contributed by atoms with van der Waals surface area (Å²) in [5.74, 6) is 2.77. The summed E-state index contributed by atoms with van der Waals surface area (Å²) in [7, 11) is 2.03. The van der Waals surface area contributed by atoms with Crippen molar-refractivity contribution in [2.45, 2.75) is 19.8 Å². The molecule has 0 aliphatic carbocycles. The molecule has 0 aromatic carbocycles. The molecule has 1 aliphatic heterocycles. The number of hydrogen-bond acceptors (Lipinski definition) is 5. The number of nitrogens with one attached hydrogen (secondary N) is 2. The minimum atomic E-state index is 0.807. The monoisotopic (exact) mass is 249 g/mol. The van der Waals surface area contributed by atoms with E-state index in [1.165, 1.54) is 12.8 Å². The largest absolute Gasteiger partial charge is 0.370 e. The van der Waals surface area contributed by atoms with Gasteiger partial charge in [0.1, 0.15) is 18.0 Å². The van der Waals surface area contributed by atoms with E-state index in [1.807, 2.05) is 13.1 Å². The van der Waals surface area contributed by atoms with E-state index in [9.17, 15) is 0 Å². The van der Waals surface area contributed by atoms with Gasteiger partial charge in [-0.1, -0.05) is 0 Å². The van der Waals surface area contributed by atoms with Crippen LogP contribution in [0.5, 0.6) is 0 Å². The van der Waals surface area contributed by atoms with Gasteiger partial charge in [0.25, 0.3) is 0 Å². The van der Waals surface area contributed by atoms with Crippen LogP contribution in [0.3, 0.4) is 0 Å². The van der Waals surface area contributed by atoms with Crippen LogP contribution in [-0.2, 0) is 0 Å². The molecule has 100 valence electrons. The molecule has 1 aromatic heterocycles. The first-order valence-corrected chi connectivity index (χ1v) is 6.79. The molecule has 0 radical (unpaired) electrons. The zero-order valence-corrected chi connectivity index (χ0v) is 11.3. The lowest BCUT2D eigenvalue weighted by molar-refractivity contribution is 0.392. The fraction of sp³-hybridized carbons (Fsp3) is 0.692. The molecule has 1 aromatic rings. The lowest BCUT2D eigenvalue weighted by atomic mass is 9.97. The van der Waals surface area contributed by atoms with Crippen LogP contribution in [0.15, 0.2) is 12.4 Å². The summed E-state index contributed by atoms with van der Waals surface area (Å²) in [5.41, 5.74) is 0. The van der Waals surface area contributed by atoms with E-state index in [0.717, 1.165) is 43.7 Å². The molecule has 1 aliphatic rings. The molecule has 0 saturated carbocycles. The first-order valence-electron chi connectivity index (χ1n) is 6.79. The minimum absolute atomic E-state index is 0.807. The molecule has 2 rings (SSSR count). The maximum atomic E-state index is 4.38. The van der Waals surface area contributed by atoms with Gasteiger partial charge in [-0.05, 0) is 39.3 Å². The molecule has 0 unspecified atom stereocenters. The van der Waals surface area contributed by atoms with Gasteiger partial charge in [0.2, 0.25) is 0 Å². The third-order valence-electron chi connectivity index (χ3n) is 3.44. The van der Waals surface area contributed by atoms with Gasteiger partial charge < -0.3 is 15.5 Å². The molecule has 0 amide bonds. The average Bonchev–Trinajstić information content (AvgIpc) is 2.41. The van der Waals surface area contributed by atoms with Crippen LogP contribution < -0.4 is 15.5 Å². The lowest BCUT2D eigenvalue weighted by Crippen LogP contribution is -2.37. The van der Waals surface area contributed by atoms with Gasteiger partial charge in [-0.2, -0.15) is 0 Å². The van der Waals surface area contributed by atoms with E-state index in [2.05, 4.69) is 32.4 Å². The van der Waals surface area contributed by atoms with Crippen LogP contribution >= 0.6 is 0 Å². The fourth-order valence-corrected chi connectivity index (χ4v) is 2.45. The second-order valence-corrected chi connectivity index (χ2v) is 4.78. The Balaban J connectivity index is 1.94. The smallest absolute Gasteiger partial charge is 0.134 e. The van der Waals surface area contributed by atoms with Crippen molar-refractivity contribution in [3.05, 3.63) is 12.4 Å². The number of hydrogen-bond donors (Lipinski definition) is 2. The highest BCUT2D eigenvalue weighted by atomic mass is 15.2. The molecule has 2 heterocycles. The Kier molecular flexibility index (Phi) is 4.75. The van der Waals surface area contributed by atoms with Crippen LogP contribution in [0.1, 0.15) is 19.8 Å². The van der Waals surface area contributed by atoms with Gasteiger partial charge in [-0.25, -0.2) is 9.97 Å². The molecule has 5 nitrogen and oxygen atoms in total. The number of aromatic nitrogens is 2. The molecular formula is C13H23N5. The Morgan fingerprint density at radius 3 is 2.78 bits per heavy atom. The Hall–Kier alpha value is -1.36. The van der Waals surface area contributed by atoms with Gasteiger partial charge in [0.15, 0.2) is 0 Å². The average molecular weight is 249 g/mol. The second kappa shape index (κ2) is 6.54. The van der Waals surface area contributed by atoms with Crippen molar-refractivity contribution in [1.82, 2.24) is 15.3 Å². The predicted octanol–water partition coefficient (Wildman–Crippen LogP) is 1.34. The van der Waals surface area contributed by atoms with E-state index in [-0.39, 0.29) is 0 Å². The Bertz CT molecular complexity index is 360. The summed E-state index contributed by atoms with van der Waals surface area (Å²) >= 11 is 0. The van der Waals surface area contributed by atoms with E-state index in [1.54, 1.807) is 6.33 Å². The van der Waals surface area contributed by atoms with E-state index >= 15 is 0 Å². The molecule has 0 atom stereocenters. The van der Waals surface area contributed by atoms with Crippen molar-refractivity contribution in [3.63, 3.8) is 0 Å². The van der Waals surface area contributed by atoms with Crippen molar-refractivity contribution < 1.29 is 0 Å². The summed E-state index contributed by atoms with van der Waals surface area (Å²) in [4.78, 5) is 10.9. The maximum Gasteiger partial charge on any atom is 0.134 e. The summed E-state index contributed by atoms with van der Waals surface area (Å²) in [6.07, 6.45) is 4.12. The Morgan fingerprint density at radius 1 is 1.33 bits per heavy atom. The highest BCUT2D eigenvalue weighted by Gasteiger charge is 2.19. The number of rotatable bonds is 5. The maximum absolute atomic E-state index is 4.38. The molecule has 5 heteroatoms. The van der Waals surface area contributed by atoms with Crippen LogP contribution in [0.4, 0.5) is 11.6 Å². The number of nitrogens with zero attached hydrogens (tertiary/aromatic N) is 3. The lowest BCUT2D eigenvalue weighted by Gasteiger charge is -2.32. The third kappa shape index (κ3) is 3.32. The summed E-state index contributed by atoms with van der Waals surface area (Å²) < 4.78 is 0. The summed E-state index contributed by atoms with van der Waals surface area (Å²) in [6.45, 7) is 6.27. The molecule has 0 bridgehead atoms. The summed E-state index contributed by atoms with van der Waals surface area (Å²) in [6, 6.07) is 2.04. The van der Waals surface area contributed by atoms with Crippen LogP contribution in [0, 0.1) is 5.92 Å². The van der Waals surface area contributed by atoms with Gasteiger partial charge >= 0.3 is 0 Å². The molecule has 1 fully saturated rings. The number of piperidine rings is 1. The van der Waals surface area contributed by atoms with E-state index in [0.29, 0.717) is 0 Å². The Morgan fingerprint density at radius 2 is 2.11 bits per heavy atom. The number of anilines is 2. The topological polar surface area (TPSA) is 53.1 Å². The SMILES string of the molecule is CCNc1cc(N2CCC(CNC)CC2)ncn1. The van der Waals surface area contributed by atoms with E-state index < -0.39 is 0 Å². The standard InChI is InChI=1S/C13H23N5/c1-3-15-12-8-13(17-10-16-12)18-6-4-11(5-7-18)9-14-2/h8,10-11,14H,3-7,9H2,1-2H3,(H,15,16,17). The minimum Gasteiger partial charge on any atom is -0.370 e. The molecule has 0 spiro atoms. The molecule has 1 saturated heterocycles. The first-order chi connectivity index (χ1) is 8.83. The van der Waals surface area contributed by atoms with Gasteiger partial charge in [0.05, 0.1) is 0 Å². The van der Waals surface area contributed by atoms with Gasteiger partial charge in [-0.3, -0.25) is 0 Å². The Labute approximate surface area is 109 Å². The van der Waals surface area contributed by atoms with Gasteiger partial charge in [-0.15, -0.1) is 0 Å². The van der Waals surface area contributed by atoms with Crippen molar-refractivity contribution in [3.8, 4) is 0 Å². The fourth-order valence-electron chi connectivity index (χ4n) is 2.45. The molecular weight excluding hydrogens is 226 g/mol. The third-order valence-corrected chi connectivity index (χ3v) is 3.44. The van der Waals surface area contributed by atoms with Crippen LogP contribution in [-0.4, -0.2) is 43.2 Å². The van der Waals surface area contributed by atoms with Crippen molar-refractivity contribution >= 4 is 11.6 Å². The van der Waals surface area contributed by atoms with Crippen LogP contribution in [0.25, 0.3) is 0 Å². The van der Waals surface area contributed by atoms with Crippen molar-refractivity contribution in [2.24, 2.45) is 5.92 Å². The van der Waals surface area contributed by atoms with E-state index in [4.69, 9.17) is 0 Å². The summed E-state index contributed by atoms with van der Waals surface area (Å²) in [5, 5.41) is 6.49. The second-order valence-electron chi connectivity index (χ2n) is 4.78. The highest BCUT2D eigenvalue weighted by Crippen LogP contribution is 2.22. The molecule has 2 N–H and O–H groups in total. The zero-order valence-electron chi connectivity index (χ0n) is 11.3.